The first-order chi connectivity index (χ1) is 20.5. The number of alkyl halides is 3. The molecule has 3 aromatic carbocycles. The number of halogens is 6. The molecule has 0 bridgehead atoms. The highest BCUT2D eigenvalue weighted by Crippen LogP contribution is 2.30. The number of nitrogens with one attached hydrogen (secondary N) is 1. The number of Topliss-reactive ketones (excluding diaryl/α,β-unsaturated/α-hetero) is 2. The number of carbonyl (C=O) groups is 2. The van der Waals surface area contributed by atoms with Gasteiger partial charge in [0.15, 0.2) is 0 Å². The highest BCUT2D eigenvalue weighted by molar-refractivity contribution is 5.82. The lowest BCUT2D eigenvalue weighted by molar-refractivity contribution is -0.152. The van der Waals surface area contributed by atoms with Gasteiger partial charge in [0.25, 0.3) is 0 Å². The predicted octanol–water partition coefficient (Wildman–Crippen LogP) is 7.03. The Morgan fingerprint density at radius 2 is 1.49 bits per heavy atom. The molecule has 0 radical (unpaired) electrons. The number of morpholine rings is 1. The molecule has 1 heterocycles. The summed E-state index contributed by atoms with van der Waals surface area (Å²) in [5.41, 5.74) is 2.35. The van der Waals surface area contributed by atoms with Crippen molar-refractivity contribution in [1.29, 1.82) is 0 Å². The minimum absolute atomic E-state index is 0.0240. The summed E-state index contributed by atoms with van der Waals surface area (Å²) in [6, 6.07) is 15.9. The van der Waals surface area contributed by atoms with Crippen LogP contribution in [0, 0.1) is 17.5 Å². The predicted molar refractivity (Wildman–Crippen MR) is 149 cm³/mol. The molecule has 0 saturated carbocycles. The van der Waals surface area contributed by atoms with Crippen molar-refractivity contribution in [2.45, 2.75) is 69.2 Å². The first-order valence-electron chi connectivity index (χ1n) is 14.2. The first kappa shape index (κ1) is 32.4. The van der Waals surface area contributed by atoms with E-state index in [2.05, 4.69) is 5.32 Å². The standard InChI is InChI=1S/C33H33F6NO3/c34-24-8-4-21(5-9-24)31(22-6-10-25(35)11-7-22)17-28(42)16-23-2-1-3-32(36)30(23)15-14-29-19-40-26(20-43-29)12-13-27(41)18-33(37,38)39/h1-11,26,29,31,40H,12-20H2/t26-,29-/m1/s1. The van der Waals surface area contributed by atoms with Crippen LogP contribution in [0.5, 0.6) is 0 Å². The normalized spacial score (nSPS) is 17.3. The molecule has 3 aromatic rings. The van der Waals surface area contributed by atoms with Crippen LogP contribution in [-0.2, 0) is 27.2 Å². The number of ether oxygens (including phenoxy) is 1. The van der Waals surface area contributed by atoms with Crippen LogP contribution < -0.4 is 5.32 Å². The van der Waals surface area contributed by atoms with Crippen LogP contribution in [0.4, 0.5) is 26.3 Å². The Bertz CT molecular complexity index is 1320. The van der Waals surface area contributed by atoms with Gasteiger partial charge in [-0.25, -0.2) is 13.2 Å². The molecule has 4 rings (SSSR count). The summed E-state index contributed by atoms with van der Waals surface area (Å²) in [4.78, 5) is 24.8. The van der Waals surface area contributed by atoms with E-state index in [1.807, 2.05) is 0 Å². The number of benzene rings is 3. The Labute approximate surface area is 246 Å². The summed E-state index contributed by atoms with van der Waals surface area (Å²) < 4.78 is 85.0. The maximum Gasteiger partial charge on any atom is 0.395 e. The van der Waals surface area contributed by atoms with Gasteiger partial charge in [-0.05, 0) is 71.8 Å². The summed E-state index contributed by atoms with van der Waals surface area (Å²) >= 11 is 0. The van der Waals surface area contributed by atoms with Crippen LogP contribution in [0.15, 0.2) is 66.7 Å². The van der Waals surface area contributed by atoms with Crippen molar-refractivity contribution in [1.82, 2.24) is 5.32 Å². The minimum atomic E-state index is -4.51. The molecule has 0 aromatic heterocycles. The number of carbonyl (C=O) groups excluding carboxylic acids is 2. The van der Waals surface area contributed by atoms with Crippen LogP contribution in [0.2, 0.25) is 0 Å². The SMILES string of the molecule is O=C(Cc1cccc(F)c1CC[C@@H]1CN[C@H](CCC(=O)CC(F)(F)F)CO1)CC(c1ccc(F)cc1)c1ccc(F)cc1. The van der Waals surface area contributed by atoms with E-state index in [0.717, 1.165) is 0 Å². The summed E-state index contributed by atoms with van der Waals surface area (Å²) in [5, 5.41) is 3.19. The number of hydrogen-bond donors (Lipinski definition) is 1. The topological polar surface area (TPSA) is 55.4 Å². The molecule has 2 atom stereocenters. The Balaban J connectivity index is 1.34. The van der Waals surface area contributed by atoms with E-state index >= 15 is 0 Å². The van der Waals surface area contributed by atoms with Crippen molar-refractivity contribution < 1.29 is 40.7 Å². The van der Waals surface area contributed by atoms with Gasteiger partial charge in [0.1, 0.15) is 35.4 Å². The largest absolute Gasteiger partial charge is 0.395 e. The van der Waals surface area contributed by atoms with Gasteiger partial charge in [0.2, 0.25) is 0 Å². The lowest BCUT2D eigenvalue weighted by atomic mass is 9.85. The van der Waals surface area contributed by atoms with E-state index in [-0.39, 0.29) is 50.2 Å². The molecule has 1 N–H and O–H groups in total. The molecule has 1 saturated heterocycles. The van der Waals surface area contributed by atoms with Crippen molar-refractivity contribution in [2.75, 3.05) is 13.2 Å². The zero-order valence-electron chi connectivity index (χ0n) is 23.4. The Hall–Kier alpha value is -3.50. The molecule has 0 aliphatic carbocycles. The fraction of sp³-hybridized carbons (Fsp3) is 0.394. The third-order valence-corrected chi connectivity index (χ3v) is 7.63. The smallest absolute Gasteiger partial charge is 0.375 e. The van der Waals surface area contributed by atoms with Gasteiger partial charge in [-0.3, -0.25) is 9.59 Å². The first-order valence-corrected chi connectivity index (χ1v) is 14.2. The van der Waals surface area contributed by atoms with Gasteiger partial charge in [0.05, 0.1) is 12.7 Å². The molecule has 43 heavy (non-hydrogen) atoms. The second-order valence-corrected chi connectivity index (χ2v) is 10.9. The van der Waals surface area contributed by atoms with Crippen molar-refractivity contribution in [3.8, 4) is 0 Å². The van der Waals surface area contributed by atoms with Crippen LogP contribution in [0.25, 0.3) is 0 Å². The molecule has 10 heteroatoms. The van der Waals surface area contributed by atoms with Gasteiger partial charge in [-0.2, -0.15) is 13.2 Å². The molecule has 230 valence electrons. The van der Waals surface area contributed by atoms with E-state index in [4.69, 9.17) is 4.74 Å². The summed E-state index contributed by atoms with van der Waals surface area (Å²) in [6.45, 7) is 0.624. The van der Waals surface area contributed by atoms with Crippen LogP contribution >= 0.6 is 0 Å². The summed E-state index contributed by atoms with van der Waals surface area (Å²) in [7, 11) is 0. The monoisotopic (exact) mass is 605 g/mol. The van der Waals surface area contributed by atoms with Gasteiger partial charge in [-0.15, -0.1) is 0 Å². The third kappa shape index (κ3) is 10.0. The molecule has 4 nitrogen and oxygen atoms in total. The Morgan fingerprint density at radius 3 is 2.05 bits per heavy atom. The highest BCUT2D eigenvalue weighted by Gasteiger charge is 2.31. The maximum absolute atomic E-state index is 14.9. The zero-order chi connectivity index (χ0) is 31.0. The Kier molecular flexibility index (Phi) is 11.2. The fourth-order valence-corrected chi connectivity index (χ4v) is 5.37. The van der Waals surface area contributed by atoms with Crippen LogP contribution in [0.3, 0.4) is 0 Å². The van der Waals surface area contributed by atoms with E-state index in [0.29, 0.717) is 41.6 Å². The number of ketones is 2. The van der Waals surface area contributed by atoms with Crippen molar-refractivity contribution in [3.05, 3.63) is 106 Å². The van der Waals surface area contributed by atoms with Gasteiger partial charge in [-0.1, -0.05) is 36.4 Å². The van der Waals surface area contributed by atoms with Crippen molar-refractivity contribution >= 4 is 11.6 Å². The highest BCUT2D eigenvalue weighted by atomic mass is 19.4. The van der Waals surface area contributed by atoms with Crippen LogP contribution in [0.1, 0.15) is 60.3 Å². The van der Waals surface area contributed by atoms with E-state index in [1.54, 1.807) is 36.4 Å². The molecule has 1 fully saturated rings. The number of rotatable bonds is 13. The zero-order valence-corrected chi connectivity index (χ0v) is 23.4. The number of hydrogen-bond acceptors (Lipinski definition) is 4. The Morgan fingerprint density at radius 1 is 0.860 bits per heavy atom. The second kappa shape index (κ2) is 14.8. The van der Waals surface area contributed by atoms with Crippen molar-refractivity contribution in [2.24, 2.45) is 0 Å². The van der Waals surface area contributed by atoms with Gasteiger partial charge >= 0.3 is 6.18 Å². The van der Waals surface area contributed by atoms with E-state index in [9.17, 15) is 35.9 Å². The lowest BCUT2D eigenvalue weighted by Crippen LogP contribution is -2.46. The maximum atomic E-state index is 14.9. The molecular weight excluding hydrogens is 572 g/mol. The average Bonchev–Trinajstić information content (AvgIpc) is 2.95. The fourth-order valence-electron chi connectivity index (χ4n) is 5.37. The van der Waals surface area contributed by atoms with E-state index < -0.39 is 41.7 Å². The van der Waals surface area contributed by atoms with Crippen molar-refractivity contribution in [3.63, 3.8) is 0 Å². The van der Waals surface area contributed by atoms with Gasteiger partial charge in [0, 0.05) is 37.8 Å². The average molecular weight is 606 g/mol. The summed E-state index contributed by atoms with van der Waals surface area (Å²) in [6.07, 6.45) is -5.40. The third-order valence-electron chi connectivity index (χ3n) is 7.63. The second-order valence-electron chi connectivity index (χ2n) is 10.9. The van der Waals surface area contributed by atoms with Crippen LogP contribution in [-0.4, -0.2) is 43.0 Å². The molecule has 0 unspecified atom stereocenters. The molecular formula is C33H33F6NO3. The van der Waals surface area contributed by atoms with E-state index in [1.165, 1.54) is 30.3 Å². The lowest BCUT2D eigenvalue weighted by Gasteiger charge is -2.30. The minimum Gasteiger partial charge on any atom is -0.375 e. The molecule has 0 spiro atoms. The van der Waals surface area contributed by atoms with Gasteiger partial charge < -0.3 is 10.1 Å². The molecule has 0 amide bonds. The summed E-state index contributed by atoms with van der Waals surface area (Å²) in [5.74, 6) is -2.74. The quantitative estimate of drug-likeness (QED) is 0.213. The molecule has 1 aliphatic rings. The molecule has 1 aliphatic heterocycles.